The molecule has 2 fully saturated rings. The van der Waals surface area contributed by atoms with E-state index < -0.39 is 0 Å². The Labute approximate surface area is 179 Å². The van der Waals surface area contributed by atoms with Gasteiger partial charge in [-0.15, -0.1) is 0 Å². The number of morpholine rings is 2. The van der Waals surface area contributed by atoms with Crippen LogP contribution in [0, 0.1) is 0 Å². The largest absolute Gasteiger partial charge is 0.436 e. The van der Waals surface area contributed by atoms with Crippen LogP contribution in [0.1, 0.15) is 0 Å². The van der Waals surface area contributed by atoms with Gasteiger partial charge in [0.15, 0.2) is 5.58 Å². The Morgan fingerprint density at radius 1 is 1.03 bits per heavy atom. The van der Waals surface area contributed by atoms with Crippen molar-refractivity contribution in [3.8, 4) is 11.5 Å². The van der Waals surface area contributed by atoms with E-state index in [1.165, 1.54) is 0 Å². The van der Waals surface area contributed by atoms with Gasteiger partial charge in [-0.3, -0.25) is 4.98 Å². The number of fused-ring (bicyclic) bond motifs is 4. The number of pyridine rings is 2. The van der Waals surface area contributed by atoms with Crippen LogP contribution in [0.15, 0.2) is 47.3 Å². The van der Waals surface area contributed by atoms with E-state index in [-0.39, 0.29) is 12.2 Å². The Balaban J connectivity index is 1.37. The summed E-state index contributed by atoms with van der Waals surface area (Å²) in [6, 6.07) is 8.22. The number of ether oxygens (including phenoxy) is 1. The summed E-state index contributed by atoms with van der Waals surface area (Å²) in [5, 5.41) is 5.06. The average molecular weight is 416 g/mol. The second-order valence-corrected chi connectivity index (χ2v) is 8.37. The van der Waals surface area contributed by atoms with Crippen molar-refractivity contribution < 1.29 is 9.15 Å². The molecular formula is C23H24N6O2. The van der Waals surface area contributed by atoms with Crippen LogP contribution in [0.5, 0.6) is 0 Å². The number of likely N-dealkylation sites (N-methyl/N-ethyl adjacent to an activating group) is 1. The number of nitrogens with one attached hydrogen (secondary N) is 1. The third-order valence-corrected chi connectivity index (χ3v) is 6.16. The van der Waals surface area contributed by atoms with Crippen LogP contribution in [0.3, 0.4) is 0 Å². The number of nitrogens with zero attached hydrogens (tertiary/aromatic N) is 5. The van der Waals surface area contributed by atoms with Crippen molar-refractivity contribution in [3.63, 3.8) is 0 Å². The lowest BCUT2D eigenvalue weighted by Gasteiger charge is -2.45. The van der Waals surface area contributed by atoms with Crippen LogP contribution in [0.2, 0.25) is 0 Å². The van der Waals surface area contributed by atoms with Gasteiger partial charge >= 0.3 is 0 Å². The fourth-order valence-corrected chi connectivity index (χ4v) is 4.79. The number of aromatic nitrogens is 3. The van der Waals surface area contributed by atoms with E-state index in [4.69, 9.17) is 14.1 Å². The Kier molecular flexibility index (Phi) is 4.29. The van der Waals surface area contributed by atoms with Gasteiger partial charge in [-0.1, -0.05) is 0 Å². The lowest BCUT2D eigenvalue weighted by molar-refractivity contribution is -0.0875. The molecule has 8 nitrogen and oxygen atoms in total. The molecule has 2 aliphatic rings. The first-order valence-corrected chi connectivity index (χ1v) is 10.6. The first-order chi connectivity index (χ1) is 15.2. The van der Waals surface area contributed by atoms with Crippen LogP contribution in [-0.2, 0) is 4.74 Å². The van der Waals surface area contributed by atoms with Crippen molar-refractivity contribution in [2.24, 2.45) is 0 Å². The topological polar surface area (TPSA) is 79.6 Å². The lowest BCUT2D eigenvalue weighted by atomic mass is 10.1. The molecule has 0 radical (unpaired) electrons. The molecule has 6 rings (SSSR count). The summed E-state index contributed by atoms with van der Waals surface area (Å²) in [6.07, 6.45) is 5.89. The van der Waals surface area contributed by atoms with E-state index in [1.807, 2.05) is 25.4 Å². The van der Waals surface area contributed by atoms with Gasteiger partial charge < -0.3 is 24.3 Å². The van der Waals surface area contributed by atoms with Crippen LogP contribution in [0.25, 0.3) is 33.3 Å². The molecule has 2 atom stereocenters. The monoisotopic (exact) mass is 416 g/mol. The van der Waals surface area contributed by atoms with Gasteiger partial charge in [-0.25, -0.2) is 9.97 Å². The molecule has 0 spiro atoms. The van der Waals surface area contributed by atoms with Crippen LogP contribution >= 0.6 is 0 Å². The molecule has 0 amide bonds. The van der Waals surface area contributed by atoms with Crippen LogP contribution in [0.4, 0.5) is 11.5 Å². The summed E-state index contributed by atoms with van der Waals surface area (Å²) in [6.45, 7) is 3.73. The molecule has 2 saturated heterocycles. The molecule has 31 heavy (non-hydrogen) atoms. The fraction of sp³-hybridized carbons (Fsp3) is 0.348. The fourth-order valence-electron chi connectivity index (χ4n) is 4.79. The van der Waals surface area contributed by atoms with Gasteiger partial charge in [0.2, 0.25) is 5.89 Å². The summed E-state index contributed by atoms with van der Waals surface area (Å²) < 4.78 is 12.2. The molecule has 5 heterocycles. The predicted molar refractivity (Wildman–Crippen MR) is 120 cm³/mol. The maximum Gasteiger partial charge on any atom is 0.229 e. The number of rotatable bonds is 3. The summed E-state index contributed by atoms with van der Waals surface area (Å²) in [5.41, 5.74) is 3.64. The van der Waals surface area contributed by atoms with Crippen molar-refractivity contribution in [2.75, 3.05) is 50.5 Å². The Hall–Kier alpha value is -3.23. The Morgan fingerprint density at radius 3 is 2.68 bits per heavy atom. The average Bonchev–Trinajstić information content (AvgIpc) is 3.20. The minimum absolute atomic E-state index is 0.248. The van der Waals surface area contributed by atoms with E-state index in [0.29, 0.717) is 5.89 Å². The molecule has 0 aliphatic carbocycles. The molecule has 2 unspecified atom stereocenters. The zero-order chi connectivity index (χ0) is 20.9. The second-order valence-electron chi connectivity index (χ2n) is 8.37. The van der Waals surface area contributed by atoms with Crippen molar-refractivity contribution in [1.82, 2.24) is 19.9 Å². The highest BCUT2D eigenvalue weighted by Gasteiger charge is 2.33. The van der Waals surface area contributed by atoms with Gasteiger partial charge in [0.25, 0.3) is 0 Å². The number of hydrogen-bond donors (Lipinski definition) is 1. The number of benzene rings is 1. The third-order valence-electron chi connectivity index (χ3n) is 6.16. The summed E-state index contributed by atoms with van der Waals surface area (Å²) in [5.74, 6) is 1.35. The SMILES string of the molecule is CNc1ncc(-c2nc3cc(N4CC5CN(C)CC(C4)O5)ccc3o2)c2ccncc12. The maximum absolute atomic E-state index is 6.12. The van der Waals surface area contributed by atoms with Gasteiger partial charge in [0.1, 0.15) is 11.3 Å². The van der Waals surface area contributed by atoms with Crippen LogP contribution < -0.4 is 10.2 Å². The van der Waals surface area contributed by atoms with Crippen molar-refractivity contribution in [2.45, 2.75) is 12.2 Å². The summed E-state index contributed by atoms with van der Waals surface area (Å²) >= 11 is 0. The Morgan fingerprint density at radius 2 is 1.87 bits per heavy atom. The van der Waals surface area contributed by atoms with Gasteiger partial charge in [-0.2, -0.15) is 0 Å². The van der Waals surface area contributed by atoms with E-state index >= 15 is 0 Å². The molecule has 0 saturated carbocycles. The quantitative estimate of drug-likeness (QED) is 0.546. The number of oxazole rings is 1. The molecule has 1 N–H and O–H groups in total. The van der Waals surface area contributed by atoms with Gasteiger partial charge in [0, 0.05) is 68.3 Å². The smallest absolute Gasteiger partial charge is 0.229 e. The maximum atomic E-state index is 6.12. The van der Waals surface area contributed by atoms with Gasteiger partial charge in [-0.05, 0) is 31.3 Å². The van der Waals surface area contributed by atoms with E-state index in [0.717, 1.165) is 65.1 Å². The summed E-state index contributed by atoms with van der Waals surface area (Å²) in [7, 11) is 4.02. The first kappa shape index (κ1) is 18.5. The molecule has 2 bridgehead atoms. The minimum Gasteiger partial charge on any atom is -0.436 e. The number of anilines is 2. The molecule has 1 aromatic carbocycles. The molecule has 2 aliphatic heterocycles. The van der Waals surface area contributed by atoms with E-state index in [9.17, 15) is 0 Å². The van der Waals surface area contributed by atoms with Crippen molar-refractivity contribution in [1.29, 1.82) is 0 Å². The first-order valence-electron chi connectivity index (χ1n) is 10.6. The van der Waals surface area contributed by atoms with Crippen LogP contribution in [-0.4, -0.2) is 72.3 Å². The second kappa shape index (κ2) is 7.18. The van der Waals surface area contributed by atoms with Gasteiger partial charge in [0.05, 0.1) is 17.8 Å². The molecule has 3 aromatic heterocycles. The normalized spacial score (nSPS) is 21.7. The van der Waals surface area contributed by atoms with E-state index in [2.05, 4.69) is 44.3 Å². The van der Waals surface area contributed by atoms with Crippen molar-refractivity contribution >= 4 is 33.4 Å². The minimum atomic E-state index is 0.248. The molecule has 158 valence electrons. The lowest BCUT2D eigenvalue weighted by Crippen LogP contribution is -2.58. The van der Waals surface area contributed by atoms with Crippen molar-refractivity contribution in [3.05, 3.63) is 42.9 Å². The highest BCUT2D eigenvalue weighted by molar-refractivity contribution is 6.00. The molecule has 4 aromatic rings. The predicted octanol–water partition coefficient (Wildman–Crippen LogP) is 3.00. The highest BCUT2D eigenvalue weighted by Crippen LogP contribution is 2.34. The Bertz CT molecular complexity index is 1250. The molecule has 8 heteroatoms. The highest BCUT2D eigenvalue weighted by atomic mass is 16.5. The zero-order valence-electron chi connectivity index (χ0n) is 17.6. The third kappa shape index (κ3) is 3.19. The standard InChI is InChI=1S/C23H24N6O2/c1-24-22-18-8-25-6-5-17(18)19(9-26-22)23-27-20-7-14(3-4-21(20)31-23)29-12-15-10-28(2)11-16(13-29)30-15/h3-9,15-16H,10-13H2,1-2H3,(H,24,26). The van der Waals surface area contributed by atoms with E-state index in [1.54, 1.807) is 12.4 Å². The molecular weight excluding hydrogens is 392 g/mol. The zero-order valence-corrected chi connectivity index (χ0v) is 17.6. The number of hydrogen-bond acceptors (Lipinski definition) is 8. The summed E-state index contributed by atoms with van der Waals surface area (Å²) in [4.78, 5) is 18.3.